The lowest BCUT2D eigenvalue weighted by molar-refractivity contribution is -0.120. The number of amides is 2. The van der Waals surface area contributed by atoms with Gasteiger partial charge in [0.25, 0.3) is 5.91 Å². The van der Waals surface area contributed by atoms with Gasteiger partial charge in [-0.3, -0.25) is 9.59 Å². The molecule has 10 heteroatoms. The highest BCUT2D eigenvalue weighted by Gasteiger charge is 2.27. The molecule has 1 atom stereocenters. The number of nitrogens with two attached hydrogens (primary N) is 1. The summed E-state index contributed by atoms with van der Waals surface area (Å²) < 4.78 is 1.53. The zero-order valence-corrected chi connectivity index (χ0v) is 15.6. The van der Waals surface area contributed by atoms with Crippen molar-refractivity contribution >= 4 is 23.3 Å². The Balaban J connectivity index is 1.44. The Morgan fingerprint density at radius 3 is 2.62 bits per heavy atom. The first-order chi connectivity index (χ1) is 14.1. The topological polar surface area (TPSA) is 132 Å². The van der Waals surface area contributed by atoms with Crippen molar-refractivity contribution in [2.75, 3.05) is 23.3 Å². The van der Waals surface area contributed by atoms with Crippen molar-refractivity contribution in [3.05, 3.63) is 54.6 Å². The van der Waals surface area contributed by atoms with Crippen molar-refractivity contribution in [3.63, 3.8) is 0 Å². The number of piperidine rings is 1. The summed E-state index contributed by atoms with van der Waals surface area (Å²) in [6.45, 7) is 1.31. The lowest BCUT2D eigenvalue weighted by Crippen LogP contribution is -2.41. The molecule has 0 spiro atoms. The molecule has 3 N–H and O–H groups in total. The first-order valence-corrected chi connectivity index (χ1v) is 9.25. The van der Waals surface area contributed by atoms with Crippen LogP contribution in [0.2, 0.25) is 0 Å². The van der Waals surface area contributed by atoms with E-state index in [0.29, 0.717) is 29.4 Å². The molecule has 1 aliphatic heterocycles. The van der Waals surface area contributed by atoms with Gasteiger partial charge in [-0.05, 0) is 37.1 Å². The minimum Gasteiger partial charge on any atom is -0.366 e. The quantitative estimate of drug-likeness (QED) is 0.662. The fraction of sp³-hybridized carbons (Fsp3) is 0.263. The first-order valence-electron chi connectivity index (χ1n) is 9.25. The lowest BCUT2D eigenvalue weighted by atomic mass is 9.96. The Hall–Kier alpha value is -3.82. The molecule has 1 aromatic carbocycles. The number of nitrogens with zero attached hydrogens (tertiary/aromatic N) is 6. The van der Waals surface area contributed by atoms with Crippen LogP contribution in [0.4, 0.5) is 11.5 Å². The van der Waals surface area contributed by atoms with Crippen LogP contribution in [0.1, 0.15) is 23.2 Å². The van der Waals surface area contributed by atoms with E-state index in [-0.39, 0.29) is 11.8 Å². The molecule has 10 nitrogen and oxygen atoms in total. The van der Waals surface area contributed by atoms with Crippen LogP contribution in [0.15, 0.2) is 49.1 Å². The fourth-order valence-electron chi connectivity index (χ4n) is 3.38. The number of rotatable bonds is 5. The Kier molecular flexibility index (Phi) is 5.14. The third-order valence-corrected chi connectivity index (χ3v) is 4.86. The third-order valence-electron chi connectivity index (χ3n) is 4.86. The maximum Gasteiger partial charge on any atom is 0.250 e. The molecule has 1 saturated heterocycles. The molecule has 4 rings (SSSR count). The van der Waals surface area contributed by atoms with Gasteiger partial charge in [-0.15, -0.1) is 10.2 Å². The Labute approximate surface area is 166 Å². The van der Waals surface area contributed by atoms with E-state index >= 15 is 0 Å². The van der Waals surface area contributed by atoms with Crippen LogP contribution >= 0.6 is 0 Å². The lowest BCUT2D eigenvalue weighted by Gasteiger charge is -2.32. The molecular weight excluding hydrogens is 372 g/mol. The summed E-state index contributed by atoms with van der Waals surface area (Å²) in [4.78, 5) is 30.3. The molecule has 1 fully saturated rings. The maximum atomic E-state index is 12.8. The monoisotopic (exact) mass is 392 g/mol. The van der Waals surface area contributed by atoms with Gasteiger partial charge in [0.1, 0.15) is 12.7 Å². The van der Waals surface area contributed by atoms with Crippen LogP contribution < -0.4 is 16.0 Å². The number of benzene rings is 1. The average molecular weight is 392 g/mol. The van der Waals surface area contributed by atoms with Crippen LogP contribution in [0, 0.1) is 5.92 Å². The van der Waals surface area contributed by atoms with Crippen molar-refractivity contribution in [2.45, 2.75) is 12.8 Å². The molecule has 29 heavy (non-hydrogen) atoms. The molecule has 0 unspecified atom stereocenters. The second-order valence-corrected chi connectivity index (χ2v) is 6.77. The van der Waals surface area contributed by atoms with E-state index in [9.17, 15) is 9.59 Å². The summed E-state index contributed by atoms with van der Waals surface area (Å²) in [5.41, 5.74) is 6.11. The van der Waals surface area contributed by atoms with E-state index in [1.54, 1.807) is 30.6 Å². The number of carbonyl (C=O) groups is 2. The summed E-state index contributed by atoms with van der Waals surface area (Å²) in [5.74, 6) is 0.315. The highest BCUT2D eigenvalue weighted by Crippen LogP contribution is 2.24. The highest BCUT2D eigenvalue weighted by atomic mass is 16.2. The van der Waals surface area contributed by atoms with Gasteiger partial charge in [-0.1, -0.05) is 12.1 Å². The van der Waals surface area contributed by atoms with Gasteiger partial charge in [0.05, 0.1) is 17.2 Å². The van der Waals surface area contributed by atoms with Gasteiger partial charge in [0.15, 0.2) is 11.6 Å². The van der Waals surface area contributed by atoms with Gasteiger partial charge in [-0.2, -0.15) is 5.10 Å². The Bertz CT molecular complexity index is 1000. The van der Waals surface area contributed by atoms with Crippen molar-refractivity contribution in [2.24, 2.45) is 11.7 Å². The summed E-state index contributed by atoms with van der Waals surface area (Å²) >= 11 is 0. The van der Waals surface area contributed by atoms with E-state index in [0.717, 1.165) is 19.4 Å². The van der Waals surface area contributed by atoms with Crippen molar-refractivity contribution < 1.29 is 9.59 Å². The normalized spacial score (nSPS) is 16.4. The largest absolute Gasteiger partial charge is 0.366 e. The van der Waals surface area contributed by atoms with E-state index < -0.39 is 5.91 Å². The van der Waals surface area contributed by atoms with E-state index in [1.807, 2.05) is 17.0 Å². The molecule has 2 aromatic heterocycles. The molecule has 1 aliphatic rings. The second kappa shape index (κ2) is 8.05. The maximum absolute atomic E-state index is 12.8. The summed E-state index contributed by atoms with van der Waals surface area (Å²) in [6, 6.07) is 10.4. The van der Waals surface area contributed by atoms with Gasteiger partial charge in [-0.25, -0.2) is 9.67 Å². The first kappa shape index (κ1) is 18.5. The van der Waals surface area contributed by atoms with Gasteiger partial charge in [0, 0.05) is 13.1 Å². The second-order valence-electron chi connectivity index (χ2n) is 6.77. The third kappa shape index (κ3) is 4.05. The summed E-state index contributed by atoms with van der Waals surface area (Å²) in [6.07, 6.45) is 4.59. The average Bonchev–Trinajstić information content (AvgIpc) is 3.29. The predicted octanol–water partition coefficient (Wildman–Crippen LogP) is 1.01. The smallest absolute Gasteiger partial charge is 0.250 e. The molecular formula is C19H20N8O2. The number of primary amides is 1. The van der Waals surface area contributed by atoms with Crippen LogP contribution in [0.3, 0.4) is 0 Å². The number of nitrogens with one attached hydrogen (secondary N) is 1. The molecule has 0 radical (unpaired) electrons. The highest BCUT2D eigenvalue weighted by molar-refractivity contribution is 6.03. The number of hydrogen-bond donors (Lipinski definition) is 2. The molecule has 0 aliphatic carbocycles. The Morgan fingerprint density at radius 2 is 1.90 bits per heavy atom. The van der Waals surface area contributed by atoms with Gasteiger partial charge in [0.2, 0.25) is 5.91 Å². The number of anilines is 2. The molecule has 2 amide bonds. The minimum absolute atomic E-state index is 0.143. The van der Waals surface area contributed by atoms with Crippen LogP contribution in [-0.2, 0) is 4.79 Å². The minimum atomic E-state index is -0.575. The zero-order valence-electron chi connectivity index (χ0n) is 15.6. The molecule has 0 bridgehead atoms. The number of hydrogen-bond acceptors (Lipinski definition) is 7. The zero-order chi connectivity index (χ0) is 20.2. The SMILES string of the molecule is NC(=O)c1ccccc1NC(=O)[C@@H]1CCCN(c2ccc(-n3cncn3)nn2)C1. The summed E-state index contributed by atoms with van der Waals surface area (Å²) in [5, 5.41) is 15.3. The Morgan fingerprint density at radius 1 is 1.10 bits per heavy atom. The van der Waals surface area contributed by atoms with Gasteiger partial charge >= 0.3 is 0 Å². The predicted molar refractivity (Wildman–Crippen MR) is 105 cm³/mol. The number of aromatic nitrogens is 5. The van der Waals surface area contributed by atoms with E-state index in [1.165, 1.54) is 11.0 Å². The molecule has 3 heterocycles. The van der Waals surface area contributed by atoms with Crippen molar-refractivity contribution in [3.8, 4) is 5.82 Å². The number of carbonyl (C=O) groups excluding carboxylic acids is 2. The van der Waals surface area contributed by atoms with Crippen LogP contribution in [-0.4, -0.2) is 49.9 Å². The molecule has 3 aromatic rings. The van der Waals surface area contributed by atoms with Gasteiger partial charge < -0.3 is 16.0 Å². The fourth-order valence-corrected chi connectivity index (χ4v) is 3.38. The van der Waals surface area contributed by atoms with Crippen molar-refractivity contribution in [1.82, 2.24) is 25.0 Å². The molecule has 148 valence electrons. The summed E-state index contributed by atoms with van der Waals surface area (Å²) in [7, 11) is 0. The van der Waals surface area contributed by atoms with E-state index in [2.05, 4.69) is 25.6 Å². The van der Waals surface area contributed by atoms with Crippen LogP contribution in [0.5, 0.6) is 0 Å². The standard InChI is InChI=1S/C19H20N8O2/c20-18(28)14-5-1-2-6-15(14)23-19(29)13-4-3-9-26(10-13)16-7-8-17(25-24-16)27-12-21-11-22-27/h1-2,5-8,11-13H,3-4,9-10H2,(H2,20,28)(H,23,29)/t13-/m1/s1. The van der Waals surface area contributed by atoms with Crippen molar-refractivity contribution in [1.29, 1.82) is 0 Å². The van der Waals surface area contributed by atoms with E-state index in [4.69, 9.17) is 5.73 Å². The number of para-hydroxylation sites is 1. The van der Waals surface area contributed by atoms with Crippen LogP contribution in [0.25, 0.3) is 5.82 Å². The molecule has 0 saturated carbocycles.